The lowest BCUT2D eigenvalue weighted by Crippen LogP contribution is -2.48. The van der Waals surface area contributed by atoms with E-state index in [1.165, 1.54) is 0 Å². The van der Waals surface area contributed by atoms with Crippen molar-refractivity contribution in [3.05, 3.63) is 71.0 Å². The molecule has 1 fully saturated rings. The van der Waals surface area contributed by atoms with Crippen LogP contribution in [0.3, 0.4) is 0 Å². The van der Waals surface area contributed by atoms with E-state index in [9.17, 15) is 14.4 Å². The highest BCUT2D eigenvalue weighted by atomic mass is 16.3. The number of hydrogen-bond acceptors (Lipinski definition) is 4. The zero-order valence-corrected chi connectivity index (χ0v) is 15.7. The summed E-state index contributed by atoms with van der Waals surface area (Å²) in [5.41, 5.74) is 3.90. The van der Waals surface area contributed by atoms with Crippen LogP contribution < -0.4 is 10.7 Å². The molecule has 3 aromatic rings. The summed E-state index contributed by atoms with van der Waals surface area (Å²) in [4.78, 5) is 38.1. The van der Waals surface area contributed by atoms with Crippen molar-refractivity contribution in [2.45, 2.75) is 26.3 Å². The number of para-hydroxylation sites is 1. The molecule has 0 bridgehead atoms. The predicted molar refractivity (Wildman–Crippen MR) is 102 cm³/mol. The fourth-order valence-corrected chi connectivity index (χ4v) is 3.46. The van der Waals surface area contributed by atoms with Gasteiger partial charge in [0.05, 0.1) is 0 Å². The lowest BCUT2D eigenvalue weighted by molar-refractivity contribution is -0.132. The van der Waals surface area contributed by atoms with Gasteiger partial charge in [-0.1, -0.05) is 48.5 Å². The van der Waals surface area contributed by atoms with Gasteiger partial charge >= 0.3 is 11.9 Å². The molecule has 1 aliphatic rings. The number of benzene rings is 2. The van der Waals surface area contributed by atoms with Gasteiger partial charge in [0.15, 0.2) is 5.76 Å². The molecule has 7 heteroatoms. The molecule has 0 aliphatic carbocycles. The van der Waals surface area contributed by atoms with Crippen LogP contribution in [0.15, 0.2) is 52.9 Å². The number of rotatable bonds is 3. The second-order valence-electron chi connectivity index (χ2n) is 7.01. The first-order valence-electron chi connectivity index (χ1n) is 8.85. The highest BCUT2D eigenvalue weighted by Crippen LogP contribution is 2.30. The van der Waals surface area contributed by atoms with Crippen molar-refractivity contribution < 1.29 is 18.8 Å². The molecule has 0 saturated carbocycles. The lowest BCUT2D eigenvalue weighted by atomic mass is 9.92. The number of carbonyl (C=O) groups is 3. The van der Waals surface area contributed by atoms with E-state index < -0.39 is 23.4 Å². The number of carbonyl (C=O) groups excluding carboxylic acids is 3. The minimum atomic E-state index is -1.26. The van der Waals surface area contributed by atoms with Crippen molar-refractivity contribution in [2.24, 2.45) is 0 Å². The Morgan fingerprint density at radius 1 is 1.07 bits per heavy atom. The van der Waals surface area contributed by atoms with E-state index in [0.717, 1.165) is 10.9 Å². The smallest absolute Gasteiger partial charge is 0.344 e. The monoisotopic (exact) mass is 377 g/mol. The van der Waals surface area contributed by atoms with Gasteiger partial charge in [-0.15, -0.1) is 0 Å². The van der Waals surface area contributed by atoms with E-state index in [1.54, 1.807) is 38.1 Å². The third kappa shape index (κ3) is 2.55. The summed E-state index contributed by atoms with van der Waals surface area (Å²) >= 11 is 0. The zero-order chi connectivity index (χ0) is 20.1. The molecule has 0 radical (unpaired) electrons. The summed E-state index contributed by atoms with van der Waals surface area (Å²) in [5.74, 6) is -1.16. The number of nitrogens with one attached hydrogen (secondary N) is 2. The van der Waals surface area contributed by atoms with Crippen LogP contribution >= 0.6 is 0 Å². The molecule has 1 unspecified atom stereocenters. The van der Waals surface area contributed by atoms with Crippen molar-refractivity contribution in [2.75, 3.05) is 0 Å². The van der Waals surface area contributed by atoms with Gasteiger partial charge in [0.2, 0.25) is 0 Å². The molecule has 4 amide bonds. The molecule has 0 spiro atoms. The Bertz CT molecular complexity index is 1120. The molecule has 1 aliphatic heterocycles. The second kappa shape index (κ2) is 6.23. The second-order valence-corrected chi connectivity index (χ2v) is 7.01. The summed E-state index contributed by atoms with van der Waals surface area (Å²) in [7, 11) is 0. The van der Waals surface area contributed by atoms with Gasteiger partial charge in [0.1, 0.15) is 11.1 Å². The maximum Gasteiger partial charge on any atom is 0.344 e. The number of fused-ring (bicyclic) bond motifs is 1. The van der Waals surface area contributed by atoms with Crippen molar-refractivity contribution in [1.82, 2.24) is 15.8 Å². The summed E-state index contributed by atoms with van der Waals surface area (Å²) in [6, 6.07) is 13.8. The summed E-state index contributed by atoms with van der Waals surface area (Å²) < 4.78 is 5.73. The lowest BCUT2D eigenvalue weighted by Gasteiger charge is -2.21. The topological polar surface area (TPSA) is 91.7 Å². The Labute approximate surface area is 161 Å². The first-order chi connectivity index (χ1) is 13.3. The SMILES string of the molecule is Cc1c(C(=O)NN2C(=O)NC(C)(c3ccccc3)C2=O)oc2c(C)cccc12. The number of imide groups is 1. The van der Waals surface area contributed by atoms with Crippen LogP contribution in [0.2, 0.25) is 0 Å². The molecule has 142 valence electrons. The Balaban J connectivity index is 1.64. The van der Waals surface area contributed by atoms with Crippen LogP contribution in [0.4, 0.5) is 4.79 Å². The van der Waals surface area contributed by atoms with Gasteiger partial charge < -0.3 is 9.73 Å². The maximum atomic E-state index is 12.9. The molecular formula is C21H19N3O4. The molecule has 7 nitrogen and oxygen atoms in total. The molecule has 1 atom stereocenters. The van der Waals surface area contributed by atoms with Crippen molar-refractivity contribution in [3.8, 4) is 0 Å². The van der Waals surface area contributed by atoms with Crippen LogP contribution in [-0.2, 0) is 10.3 Å². The largest absolute Gasteiger partial charge is 0.450 e. The highest BCUT2D eigenvalue weighted by molar-refractivity contribution is 6.09. The molecule has 2 heterocycles. The number of amides is 4. The number of aryl methyl sites for hydroxylation is 2. The predicted octanol–water partition coefficient (Wildman–Crippen LogP) is 3.16. The van der Waals surface area contributed by atoms with Gasteiger partial charge in [-0.3, -0.25) is 9.59 Å². The van der Waals surface area contributed by atoms with Crippen LogP contribution in [0, 0.1) is 13.8 Å². The Hall–Kier alpha value is -3.61. The molecule has 2 N–H and O–H groups in total. The van der Waals surface area contributed by atoms with Gasteiger partial charge in [-0.25, -0.2) is 10.2 Å². The van der Waals surface area contributed by atoms with E-state index in [4.69, 9.17) is 4.42 Å². The molecular weight excluding hydrogens is 358 g/mol. The van der Waals surface area contributed by atoms with Crippen LogP contribution in [0.5, 0.6) is 0 Å². The third-order valence-corrected chi connectivity index (χ3v) is 5.12. The maximum absolute atomic E-state index is 12.9. The summed E-state index contributed by atoms with van der Waals surface area (Å²) in [6.07, 6.45) is 0. The number of nitrogens with zero attached hydrogens (tertiary/aromatic N) is 1. The van der Waals surface area contributed by atoms with Gasteiger partial charge in [0, 0.05) is 10.9 Å². The molecule has 4 rings (SSSR count). The Kier molecular flexibility index (Phi) is 3.96. The molecule has 1 saturated heterocycles. The highest BCUT2D eigenvalue weighted by Gasteiger charge is 2.50. The minimum absolute atomic E-state index is 0.0678. The number of hydrogen-bond donors (Lipinski definition) is 2. The fraction of sp³-hybridized carbons (Fsp3) is 0.190. The summed E-state index contributed by atoms with van der Waals surface area (Å²) in [5, 5.41) is 4.17. The molecule has 2 aromatic carbocycles. The normalized spacial score (nSPS) is 19.2. The fourth-order valence-electron chi connectivity index (χ4n) is 3.46. The Morgan fingerprint density at radius 2 is 1.79 bits per heavy atom. The zero-order valence-electron chi connectivity index (χ0n) is 15.7. The van der Waals surface area contributed by atoms with E-state index in [2.05, 4.69) is 10.7 Å². The van der Waals surface area contributed by atoms with Crippen molar-refractivity contribution >= 4 is 28.8 Å². The average molecular weight is 377 g/mol. The van der Waals surface area contributed by atoms with Crippen LogP contribution in [0.25, 0.3) is 11.0 Å². The first kappa shape index (κ1) is 17.8. The van der Waals surface area contributed by atoms with Gasteiger partial charge in [-0.05, 0) is 31.9 Å². The van der Waals surface area contributed by atoms with E-state index in [0.29, 0.717) is 21.7 Å². The summed E-state index contributed by atoms with van der Waals surface area (Å²) in [6.45, 7) is 5.25. The van der Waals surface area contributed by atoms with Crippen molar-refractivity contribution in [1.29, 1.82) is 0 Å². The number of furan rings is 1. The van der Waals surface area contributed by atoms with E-state index in [1.807, 2.05) is 31.2 Å². The van der Waals surface area contributed by atoms with Crippen LogP contribution in [-0.4, -0.2) is 22.9 Å². The quantitative estimate of drug-likeness (QED) is 0.686. The van der Waals surface area contributed by atoms with E-state index in [-0.39, 0.29) is 5.76 Å². The van der Waals surface area contributed by atoms with Gasteiger partial charge in [-0.2, -0.15) is 5.01 Å². The van der Waals surface area contributed by atoms with E-state index >= 15 is 0 Å². The standard InChI is InChI=1S/C21H19N3O4/c1-12-8-7-11-15-13(2)17(28-16(12)15)18(25)23-24-19(26)21(3,22-20(24)27)14-9-5-4-6-10-14/h4-11H,1-3H3,(H,22,27)(H,23,25). The number of hydrazine groups is 1. The number of urea groups is 1. The average Bonchev–Trinajstić information content (AvgIpc) is 3.14. The van der Waals surface area contributed by atoms with Gasteiger partial charge in [0.25, 0.3) is 5.91 Å². The minimum Gasteiger partial charge on any atom is -0.450 e. The molecule has 28 heavy (non-hydrogen) atoms. The third-order valence-electron chi connectivity index (χ3n) is 5.12. The molecule has 1 aromatic heterocycles. The first-order valence-corrected chi connectivity index (χ1v) is 8.85. The van der Waals surface area contributed by atoms with Crippen molar-refractivity contribution in [3.63, 3.8) is 0 Å². The Morgan fingerprint density at radius 3 is 2.46 bits per heavy atom. The van der Waals surface area contributed by atoms with Crippen LogP contribution in [0.1, 0.15) is 34.2 Å².